The Labute approximate surface area is 109 Å². The highest BCUT2D eigenvalue weighted by atomic mass is 16.5. The molecule has 0 bridgehead atoms. The van der Waals surface area contributed by atoms with E-state index in [0.29, 0.717) is 5.56 Å². The Kier molecular flexibility index (Phi) is 4.00. The smallest absolute Gasteiger partial charge is 0.0991 e. The van der Waals surface area contributed by atoms with Crippen molar-refractivity contribution in [1.29, 1.82) is 5.26 Å². The number of nitrogens with one attached hydrogen (secondary N) is 1. The maximum atomic E-state index is 8.78. The quantitative estimate of drug-likeness (QED) is 0.889. The molecule has 0 saturated carbocycles. The molecule has 1 N–H and O–H groups in total. The molecule has 3 heteroatoms. The van der Waals surface area contributed by atoms with Gasteiger partial charge in [0.2, 0.25) is 0 Å². The van der Waals surface area contributed by atoms with Crippen molar-refractivity contribution in [3.63, 3.8) is 0 Å². The molecule has 96 valence electrons. The van der Waals surface area contributed by atoms with E-state index in [2.05, 4.69) is 25.2 Å². The molecule has 1 unspecified atom stereocenters. The van der Waals surface area contributed by atoms with Gasteiger partial charge < -0.3 is 10.1 Å². The summed E-state index contributed by atoms with van der Waals surface area (Å²) in [6.07, 6.45) is 2.27. The van der Waals surface area contributed by atoms with Gasteiger partial charge in [0.25, 0.3) is 0 Å². The van der Waals surface area contributed by atoms with E-state index < -0.39 is 0 Å². The second-order valence-corrected chi connectivity index (χ2v) is 4.90. The molecule has 1 atom stereocenters. The average Bonchev–Trinajstić information content (AvgIpc) is 2.47. The van der Waals surface area contributed by atoms with E-state index in [0.717, 1.165) is 31.6 Å². The summed E-state index contributed by atoms with van der Waals surface area (Å²) in [5.74, 6) is 0. The number of rotatable bonds is 3. The molecule has 0 spiro atoms. The van der Waals surface area contributed by atoms with Gasteiger partial charge in [-0.2, -0.15) is 5.26 Å². The van der Waals surface area contributed by atoms with Crippen molar-refractivity contribution in [2.75, 3.05) is 13.2 Å². The number of nitrogens with zero attached hydrogens (tertiary/aromatic N) is 1. The number of nitriles is 1. The first-order valence-corrected chi connectivity index (χ1v) is 6.59. The first-order valence-electron chi connectivity index (χ1n) is 6.59. The normalized spacial score (nSPS) is 22.4. The van der Waals surface area contributed by atoms with Crippen LogP contribution in [0.1, 0.15) is 43.9 Å². The molecule has 1 saturated heterocycles. The minimum Gasteiger partial charge on any atom is -0.370 e. The van der Waals surface area contributed by atoms with Crippen LogP contribution in [-0.2, 0) is 4.74 Å². The molecule has 1 aromatic carbocycles. The predicted octanol–water partition coefficient (Wildman–Crippen LogP) is 2.78. The molecule has 0 aliphatic carbocycles. The molecule has 0 radical (unpaired) electrons. The third-order valence-corrected chi connectivity index (χ3v) is 3.99. The average molecular weight is 244 g/mol. The van der Waals surface area contributed by atoms with Gasteiger partial charge in [0.1, 0.15) is 0 Å². The highest BCUT2D eigenvalue weighted by Crippen LogP contribution is 2.27. The minimum absolute atomic E-state index is 0.101. The van der Waals surface area contributed by atoms with Crippen molar-refractivity contribution in [2.45, 2.75) is 38.3 Å². The fourth-order valence-electron chi connectivity index (χ4n) is 2.37. The molecule has 3 nitrogen and oxygen atoms in total. The van der Waals surface area contributed by atoms with Crippen LogP contribution in [0.5, 0.6) is 0 Å². The number of morpholine rings is 1. The molecular formula is C15H20N2O. The Bertz CT molecular complexity index is 419. The Hall–Kier alpha value is -1.37. The van der Waals surface area contributed by atoms with Crippen LogP contribution < -0.4 is 5.32 Å². The van der Waals surface area contributed by atoms with Gasteiger partial charge in [-0.25, -0.2) is 0 Å². The monoisotopic (exact) mass is 244 g/mol. The third kappa shape index (κ3) is 2.55. The van der Waals surface area contributed by atoms with Crippen molar-refractivity contribution >= 4 is 0 Å². The zero-order chi connectivity index (χ0) is 13.0. The Morgan fingerprint density at radius 3 is 2.44 bits per heavy atom. The first-order chi connectivity index (χ1) is 8.73. The molecule has 1 heterocycles. The van der Waals surface area contributed by atoms with Crippen molar-refractivity contribution in [3.05, 3.63) is 35.4 Å². The van der Waals surface area contributed by atoms with E-state index in [4.69, 9.17) is 10.00 Å². The Balaban J connectivity index is 2.03. The maximum Gasteiger partial charge on any atom is 0.0991 e. The van der Waals surface area contributed by atoms with E-state index in [1.807, 2.05) is 24.3 Å². The van der Waals surface area contributed by atoms with Crippen LogP contribution in [0.15, 0.2) is 24.3 Å². The summed E-state index contributed by atoms with van der Waals surface area (Å²) in [6.45, 7) is 5.99. The van der Waals surface area contributed by atoms with Crippen molar-refractivity contribution in [1.82, 2.24) is 5.32 Å². The molecule has 2 rings (SSSR count). The molecule has 0 aromatic heterocycles. The summed E-state index contributed by atoms with van der Waals surface area (Å²) >= 11 is 0. The zero-order valence-corrected chi connectivity index (χ0v) is 11.1. The van der Waals surface area contributed by atoms with Gasteiger partial charge in [-0.15, -0.1) is 0 Å². The van der Waals surface area contributed by atoms with Gasteiger partial charge in [-0.05, 0) is 30.5 Å². The molecular weight excluding hydrogens is 224 g/mol. The lowest BCUT2D eigenvalue weighted by Gasteiger charge is -2.40. The number of ether oxygens (including phenoxy) is 1. The Morgan fingerprint density at radius 2 is 2.00 bits per heavy atom. The van der Waals surface area contributed by atoms with E-state index in [1.165, 1.54) is 0 Å². The van der Waals surface area contributed by atoms with Crippen LogP contribution in [0.2, 0.25) is 0 Å². The lowest BCUT2D eigenvalue weighted by molar-refractivity contribution is -0.0374. The first kappa shape index (κ1) is 13.1. The standard InChI is InChI=1S/C15H20N2O/c1-3-15(4-2)11-18-14(10-17-15)13-7-5-12(9-16)6-8-13/h5-8,14,17H,3-4,10-11H2,1-2H3. The molecule has 1 fully saturated rings. The van der Waals surface area contributed by atoms with Crippen molar-refractivity contribution < 1.29 is 4.74 Å². The molecule has 1 aromatic rings. The van der Waals surface area contributed by atoms with Crippen LogP contribution in [0.4, 0.5) is 0 Å². The van der Waals surface area contributed by atoms with Gasteiger partial charge in [-0.1, -0.05) is 26.0 Å². The second-order valence-electron chi connectivity index (χ2n) is 4.90. The molecule has 1 aliphatic rings. The van der Waals surface area contributed by atoms with E-state index in [-0.39, 0.29) is 11.6 Å². The largest absolute Gasteiger partial charge is 0.370 e. The van der Waals surface area contributed by atoms with Gasteiger partial charge in [0, 0.05) is 12.1 Å². The summed E-state index contributed by atoms with van der Waals surface area (Å²) in [7, 11) is 0. The van der Waals surface area contributed by atoms with E-state index in [9.17, 15) is 0 Å². The van der Waals surface area contributed by atoms with Crippen LogP contribution in [0.3, 0.4) is 0 Å². The van der Waals surface area contributed by atoms with Crippen molar-refractivity contribution in [3.8, 4) is 6.07 Å². The van der Waals surface area contributed by atoms with Crippen LogP contribution in [0.25, 0.3) is 0 Å². The SMILES string of the molecule is CCC1(CC)COC(c2ccc(C#N)cc2)CN1. The van der Waals surface area contributed by atoms with Crippen LogP contribution >= 0.6 is 0 Å². The summed E-state index contributed by atoms with van der Waals surface area (Å²) in [4.78, 5) is 0. The maximum absolute atomic E-state index is 8.78. The summed E-state index contributed by atoms with van der Waals surface area (Å²) < 4.78 is 5.99. The minimum atomic E-state index is 0.101. The van der Waals surface area contributed by atoms with E-state index >= 15 is 0 Å². The lowest BCUT2D eigenvalue weighted by atomic mass is 9.91. The third-order valence-electron chi connectivity index (χ3n) is 3.99. The molecule has 1 aliphatic heterocycles. The Morgan fingerprint density at radius 1 is 1.33 bits per heavy atom. The second kappa shape index (κ2) is 5.51. The van der Waals surface area contributed by atoms with E-state index in [1.54, 1.807) is 0 Å². The van der Waals surface area contributed by atoms with Crippen molar-refractivity contribution in [2.24, 2.45) is 0 Å². The fraction of sp³-hybridized carbons (Fsp3) is 0.533. The lowest BCUT2D eigenvalue weighted by Crippen LogP contribution is -2.54. The number of hydrogen-bond donors (Lipinski definition) is 1. The van der Waals surface area contributed by atoms with Crippen LogP contribution in [0, 0.1) is 11.3 Å². The highest BCUT2D eigenvalue weighted by molar-refractivity contribution is 5.32. The summed E-state index contributed by atoms with van der Waals surface area (Å²) in [6, 6.07) is 9.79. The number of benzene rings is 1. The predicted molar refractivity (Wildman–Crippen MR) is 71.2 cm³/mol. The fourth-order valence-corrected chi connectivity index (χ4v) is 2.37. The van der Waals surface area contributed by atoms with Crippen LogP contribution in [-0.4, -0.2) is 18.7 Å². The summed E-state index contributed by atoms with van der Waals surface area (Å²) in [5.41, 5.74) is 1.98. The topological polar surface area (TPSA) is 45.0 Å². The van der Waals surface area contributed by atoms with Gasteiger partial charge >= 0.3 is 0 Å². The highest BCUT2D eigenvalue weighted by Gasteiger charge is 2.32. The zero-order valence-electron chi connectivity index (χ0n) is 11.1. The summed E-state index contributed by atoms with van der Waals surface area (Å²) in [5, 5.41) is 12.4. The van der Waals surface area contributed by atoms with Gasteiger partial charge in [0.15, 0.2) is 0 Å². The molecule has 18 heavy (non-hydrogen) atoms. The number of hydrogen-bond acceptors (Lipinski definition) is 3. The van der Waals surface area contributed by atoms with Gasteiger partial charge in [0.05, 0.1) is 24.3 Å². The van der Waals surface area contributed by atoms with Gasteiger partial charge in [-0.3, -0.25) is 0 Å². The molecule has 0 amide bonds.